The Morgan fingerprint density at radius 1 is 1.24 bits per heavy atom. The van der Waals surface area contributed by atoms with Crippen molar-refractivity contribution in [3.8, 4) is 17.2 Å². The third-order valence-electron chi connectivity index (χ3n) is 6.32. The summed E-state index contributed by atoms with van der Waals surface area (Å²) in [5, 5.41) is 15.1. The Kier molecular flexibility index (Phi) is 7.87. The minimum Gasteiger partial charge on any atom is -0.504 e. The van der Waals surface area contributed by atoms with Crippen LogP contribution in [-0.4, -0.2) is 39.1 Å². The van der Waals surface area contributed by atoms with Crippen LogP contribution in [0.15, 0.2) is 62.0 Å². The zero-order chi connectivity index (χ0) is 26.8. The van der Waals surface area contributed by atoms with Crippen LogP contribution in [0.3, 0.4) is 0 Å². The molecule has 0 unspecified atom stereocenters. The second-order valence-electron chi connectivity index (χ2n) is 8.81. The SMILES string of the molecule is COc1cc(/C(C)=N/NC(=O)CSc2nc3sc4c(c3c(=O)n2-c2ccc(Br)cc2)CCCC4)ccc1O. The molecule has 11 heteroatoms. The van der Waals surface area contributed by atoms with Crippen molar-refractivity contribution in [1.29, 1.82) is 0 Å². The van der Waals surface area contributed by atoms with Crippen LogP contribution in [0.5, 0.6) is 11.5 Å². The topological polar surface area (TPSA) is 106 Å². The first-order valence-electron chi connectivity index (χ1n) is 12.0. The summed E-state index contributed by atoms with van der Waals surface area (Å²) in [6, 6.07) is 12.3. The maximum Gasteiger partial charge on any atom is 0.267 e. The van der Waals surface area contributed by atoms with Crippen molar-refractivity contribution >= 4 is 60.9 Å². The second kappa shape index (κ2) is 11.3. The number of aromatic nitrogens is 2. The first-order valence-corrected chi connectivity index (χ1v) is 14.6. The third-order valence-corrected chi connectivity index (χ3v) is 8.97. The van der Waals surface area contributed by atoms with E-state index in [9.17, 15) is 14.7 Å². The van der Waals surface area contributed by atoms with E-state index < -0.39 is 0 Å². The van der Waals surface area contributed by atoms with Gasteiger partial charge in [0.2, 0.25) is 0 Å². The summed E-state index contributed by atoms with van der Waals surface area (Å²) in [5.74, 6) is 0.0381. The average Bonchev–Trinajstić information content (AvgIpc) is 3.30. The highest BCUT2D eigenvalue weighted by atomic mass is 79.9. The number of aryl methyl sites for hydroxylation is 2. The molecule has 2 aromatic carbocycles. The van der Waals surface area contributed by atoms with E-state index in [-0.39, 0.29) is 23.0 Å². The summed E-state index contributed by atoms with van der Waals surface area (Å²) in [5.41, 5.74) is 5.54. The summed E-state index contributed by atoms with van der Waals surface area (Å²) < 4.78 is 7.65. The molecule has 1 aliphatic carbocycles. The Balaban J connectivity index is 1.41. The van der Waals surface area contributed by atoms with Crippen LogP contribution in [0, 0.1) is 0 Å². The molecule has 0 aliphatic heterocycles. The number of hydrogen-bond donors (Lipinski definition) is 2. The van der Waals surface area contributed by atoms with Crippen LogP contribution in [0.2, 0.25) is 0 Å². The van der Waals surface area contributed by atoms with Crippen molar-refractivity contribution in [2.75, 3.05) is 12.9 Å². The molecule has 0 saturated heterocycles. The van der Waals surface area contributed by atoms with Gasteiger partial charge in [0.25, 0.3) is 11.5 Å². The van der Waals surface area contributed by atoms with Crippen molar-refractivity contribution in [2.45, 2.75) is 37.8 Å². The monoisotopic (exact) mass is 612 g/mol. The molecule has 4 aromatic rings. The van der Waals surface area contributed by atoms with Crippen molar-refractivity contribution < 1.29 is 14.6 Å². The van der Waals surface area contributed by atoms with Gasteiger partial charge in [-0.2, -0.15) is 5.10 Å². The Morgan fingerprint density at radius 3 is 2.76 bits per heavy atom. The number of hydrogen-bond acceptors (Lipinski definition) is 8. The van der Waals surface area contributed by atoms with Gasteiger partial charge in [-0.05, 0) is 80.6 Å². The second-order valence-corrected chi connectivity index (χ2v) is 11.8. The molecule has 0 bridgehead atoms. The quantitative estimate of drug-likeness (QED) is 0.125. The molecule has 196 valence electrons. The van der Waals surface area contributed by atoms with Crippen LogP contribution in [-0.2, 0) is 17.6 Å². The number of fused-ring (bicyclic) bond motifs is 3. The number of methoxy groups -OCH3 is 1. The Labute approximate surface area is 235 Å². The summed E-state index contributed by atoms with van der Waals surface area (Å²) >= 11 is 6.24. The van der Waals surface area contributed by atoms with Gasteiger partial charge in [-0.15, -0.1) is 11.3 Å². The number of halogens is 1. The average molecular weight is 614 g/mol. The molecular formula is C27H25BrN4O4S2. The molecule has 0 atom stereocenters. The number of hydrazone groups is 1. The molecule has 38 heavy (non-hydrogen) atoms. The summed E-state index contributed by atoms with van der Waals surface area (Å²) in [4.78, 5) is 33.4. The number of amides is 1. The molecule has 8 nitrogen and oxygen atoms in total. The number of thiophene rings is 1. The van der Waals surface area contributed by atoms with Crippen LogP contribution >= 0.6 is 39.0 Å². The van der Waals surface area contributed by atoms with E-state index in [2.05, 4.69) is 26.5 Å². The zero-order valence-corrected chi connectivity index (χ0v) is 24.0. The number of thioether (sulfide) groups is 1. The summed E-state index contributed by atoms with van der Waals surface area (Å²) in [7, 11) is 1.47. The predicted molar refractivity (Wildman–Crippen MR) is 155 cm³/mol. The van der Waals surface area contributed by atoms with Crippen LogP contribution in [0.25, 0.3) is 15.9 Å². The van der Waals surface area contributed by atoms with Crippen molar-refractivity contribution in [3.05, 3.63) is 73.3 Å². The minimum absolute atomic E-state index is 0.0231. The predicted octanol–water partition coefficient (Wildman–Crippen LogP) is 5.44. The van der Waals surface area contributed by atoms with Gasteiger partial charge in [-0.25, -0.2) is 10.4 Å². The number of aromatic hydroxyl groups is 1. The first kappa shape index (κ1) is 26.5. The maximum atomic E-state index is 13.8. The van der Waals surface area contributed by atoms with Gasteiger partial charge in [0.05, 0.1) is 29.6 Å². The van der Waals surface area contributed by atoms with E-state index in [1.807, 2.05) is 24.3 Å². The normalized spacial score (nSPS) is 13.4. The lowest BCUT2D eigenvalue weighted by atomic mass is 9.97. The molecule has 0 fully saturated rings. The van der Waals surface area contributed by atoms with Gasteiger partial charge >= 0.3 is 0 Å². The molecule has 0 saturated carbocycles. The van der Waals surface area contributed by atoms with E-state index in [4.69, 9.17) is 9.72 Å². The van der Waals surface area contributed by atoms with E-state index in [0.29, 0.717) is 33.3 Å². The molecule has 0 radical (unpaired) electrons. The summed E-state index contributed by atoms with van der Waals surface area (Å²) in [6.07, 6.45) is 4.07. The molecule has 2 N–H and O–H groups in total. The van der Waals surface area contributed by atoms with Gasteiger partial charge in [0.1, 0.15) is 4.83 Å². The number of benzene rings is 2. The molecule has 1 aliphatic rings. The number of ether oxygens (including phenoxy) is 1. The number of phenols is 1. The smallest absolute Gasteiger partial charge is 0.267 e. The van der Waals surface area contributed by atoms with E-state index in [1.165, 1.54) is 29.8 Å². The highest BCUT2D eigenvalue weighted by Gasteiger charge is 2.23. The Bertz CT molecular complexity index is 1610. The van der Waals surface area contributed by atoms with Gasteiger partial charge < -0.3 is 9.84 Å². The number of nitrogens with zero attached hydrogens (tertiary/aromatic N) is 3. The highest BCUT2D eigenvalue weighted by Crippen LogP contribution is 2.35. The first-order chi connectivity index (χ1) is 18.4. The van der Waals surface area contributed by atoms with Crippen LogP contribution < -0.4 is 15.7 Å². The van der Waals surface area contributed by atoms with E-state index in [1.54, 1.807) is 35.0 Å². The van der Waals surface area contributed by atoms with Crippen molar-refractivity contribution in [2.24, 2.45) is 5.10 Å². The third kappa shape index (κ3) is 5.36. The molecule has 2 heterocycles. The Hall–Kier alpha value is -3.15. The highest BCUT2D eigenvalue weighted by molar-refractivity contribution is 9.10. The van der Waals surface area contributed by atoms with Crippen molar-refractivity contribution in [3.63, 3.8) is 0 Å². The molecule has 0 spiro atoms. The van der Waals surface area contributed by atoms with Gasteiger partial charge in [0.15, 0.2) is 16.7 Å². The largest absolute Gasteiger partial charge is 0.504 e. The van der Waals surface area contributed by atoms with E-state index in [0.717, 1.165) is 40.5 Å². The lowest BCUT2D eigenvalue weighted by Gasteiger charge is -2.13. The van der Waals surface area contributed by atoms with Crippen LogP contribution in [0.1, 0.15) is 35.8 Å². The lowest BCUT2D eigenvalue weighted by molar-refractivity contribution is -0.118. The molecule has 5 rings (SSSR count). The molecular weight excluding hydrogens is 588 g/mol. The number of nitrogens with one attached hydrogen (secondary N) is 1. The van der Waals surface area contributed by atoms with Gasteiger partial charge in [-0.1, -0.05) is 27.7 Å². The van der Waals surface area contributed by atoms with Gasteiger partial charge in [0, 0.05) is 14.9 Å². The molecule has 1 amide bonds. The fourth-order valence-corrected chi connectivity index (χ4v) is 6.75. The maximum absolute atomic E-state index is 13.8. The zero-order valence-electron chi connectivity index (χ0n) is 20.8. The van der Waals surface area contributed by atoms with E-state index >= 15 is 0 Å². The number of phenolic OH excluding ortho intramolecular Hbond substituents is 1. The lowest BCUT2D eigenvalue weighted by Crippen LogP contribution is -2.24. The number of rotatable bonds is 7. The molecule has 2 aromatic heterocycles. The summed E-state index contributed by atoms with van der Waals surface area (Å²) in [6.45, 7) is 1.75. The van der Waals surface area contributed by atoms with Gasteiger partial charge in [-0.3, -0.25) is 14.2 Å². The minimum atomic E-state index is -0.331. The standard InChI is InChI=1S/C27H25BrN4O4S2/c1-15(16-7-12-20(33)21(13-16)36-2)30-31-23(34)14-37-27-29-25-24(19-5-3-4-6-22(19)38-25)26(35)32(27)18-10-8-17(28)9-11-18/h7-13,33H,3-6,14H2,1-2H3,(H,31,34)/b30-15+. The van der Waals surface area contributed by atoms with Crippen molar-refractivity contribution in [1.82, 2.24) is 15.0 Å². The Morgan fingerprint density at radius 2 is 2.00 bits per heavy atom. The fraction of sp³-hybridized carbons (Fsp3) is 0.259. The number of carbonyl (C=O) groups is 1. The fourth-order valence-electron chi connectivity index (χ4n) is 4.38. The number of carbonyl (C=O) groups excluding carboxylic acids is 1. The van der Waals surface area contributed by atoms with Crippen LogP contribution in [0.4, 0.5) is 0 Å².